The number of allylic oxidation sites excluding steroid dienone is 1. The Morgan fingerprint density at radius 3 is 2.33 bits per heavy atom. The quantitative estimate of drug-likeness (QED) is 0.218. The predicted molar refractivity (Wildman–Crippen MR) is 37.4 cm³/mol. The van der Waals surface area contributed by atoms with E-state index in [9.17, 15) is 9.90 Å². The molecular formula is C8H10NNaO2. The van der Waals surface area contributed by atoms with Crippen LogP contribution in [0.4, 0.5) is 0 Å². The summed E-state index contributed by atoms with van der Waals surface area (Å²) < 4.78 is 0. The fourth-order valence-electron chi connectivity index (χ4n) is 1.88. The third kappa shape index (κ3) is 1.41. The third-order valence-corrected chi connectivity index (χ3v) is 2.57. The summed E-state index contributed by atoms with van der Waals surface area (Å²) in [5.74, 6) is 0.220. The van der Waals surface area contributed by atoms with Gasteiger partial charge in [0, 0.05) is 19.0 Å². The minimum Gasteiger partial charge on any atom is -0.876 e. The molecule has 3 rings (SSSR count). The first-order valence-corrected chi connectivity index (χ1v) is 3.94. The molecule has 2 bridgehead atoms. The average molecular weight is 175 g/mol. The smallest absolute Gasteiger partial charge is 0.876 e. The molecule has 0 spiro atoms. The molecule has 3 saturated heterocycles. The van der Waals surface area contributed by atoms with Gasteiger partial charge in [-0.15, -0.1) is 6.26 Å². The number of carbonyl (C=O) groups excluding carboxylic acids is 1. The van der Waals surface area contributed by atoms with Crippen LogP contribution in [0.3, 0.4) is 0 Å². The maximum Gasteiger partial charge on any atom is 1.00 e. The normalized spacial score (nSPS) is 26.2. The summed E-state index contributed by atoms with van der Waals surface area (Å²) in [7, 11) is 0. The topological polar surface area (TPSA) is 43.4 Å². The van der Waals surface area contributed by atoms with Gasteiger partial charge in [0.25, 0.3) is 0 Å². The molecule has 0 unspecified atom stereocenters. The zero-order chi connectivity index (χ0) is 7.84. The Morgan fingerprint density at radius 2 is 2.00 bits per heavy atom. The van der Waals surface area contributed by atoms with E-state index in [1.54, 1.807) is 0 Å². The molecule has 3 aliphatic heterocycles. The van der Waals surface area contributed by atoms with Crippen molar-refractivity contribution in [2.75, 3.05) is 13.1 Å². The van der Waals surface area contributed by atoms with Gasteiger partial charge >= 0.3 is 29.6 Å². The molecule has 12 heavy (non-hydrogen) atoms. The largest absolute Gasteiger partial charge is 1.00 e. The maximum atomic E-state index is 11.3. The predicted octanol–water partition coefficient (Wildman–Crippen LogP) is -3.51. The number of hydrogen-bond acceptors (Lipinski definition) is 3. The number of rotatable bonds is 0. The molecule has 0 aromatic carbocycles. The summed E-state index contributed by atoms with van der Waals surface area (Å²) in [5, 5.41) is 10.5. The first-order valence-electron chi connectivity index (χ1n) is 3.94. The number of piperidine rings is 3. The van der Waals surface area contributed by atoms with Crippen molar-refractivity contribution >= 4 is 5.78 Å². The summed E-state index contributed by atoms with van der Waals surface area (Å²) >= 11 is 0. The SMILES string of the molecule is O=C1/C(=C/[O-])N2CCC1CC2.[Na+]. The molecule has 0 amide bonds. The standard InChI is InChI=1S/C8H11NO2.Na/c10-5-7-8(11)6-1-3-9(7)4-2-6;/h5-6,10H,1-4H2;/q;+1/p-1/b7-5-;. The Hall–Kier alpha value is 0.0100. The van der Waals surface area contributed by atoms with Crippen LogP contribution in [0.1, 0.15) is 12.8 Å². The van der Waals surface area contributed by atoms with Gasteiger partial charge in [-0.05, 0) is 12.8 Å². The molecule has 4 heteroatoms. The van der Waals surface area contributed by atoms with Crippen molar-refractivity contribution in [2.45, 2.75) is 12.8 Å². The second-order valence-corrected chi connectivity index (χ2v) is 3.13. The first kappa shape index (κ1) is 10.1. The third-order valence-electron chi connectivity index (χ3n) is 2.57. The van der Waals surface area contributed by atoms with Gasteiger partial charge in [-0.1, -0.05) is 0 Å². The van der Waals surface area contributed by atoms with Gasteiger partial charge in [0.15, 0.2) is 5.78 Å². The molecule has 60 valence electrons. The molecule has 0 aromatic heterocycles. The minimum absolute atomic E-state index is 0. The van der Waals surface area contributed by atoms with Crippen LogP contribution in [-0.4, -0.2) is 23.8 Å². The van der Waals surface area contributed by atoms with Gasteiger partial charge in [0.2, 0.25) is 0 Å². The van der Waals surface area contributed by atoms with E-state index >= 15 is 0 Å². The van der Waals surface area contributed by atoms with Crippen LogP contribution in [0.15, 0.2) is 12.0 Å². The zero-order valence-electron chi connectivity index (χ0n) is 7.25. The monoisotopic (exact) mass is 175 g/mol. The fourth-order valence-corrected chi connectivity index (χ4v) is 1.88. The maximum absolute atomic E-state index is 11.3. The molecule has 0 saturated carbocycles. The van der Waals surface area contributed by atoms with Crippen molar-refractivity contribution < 1.29 is 39.5 Å². The number of hydrogen-bond donors (Lipinski definition) is 0. The number of ketones is 1. The van der Waals surface area contributed by atoms with E-state index in [2.05, 4.69) is 0 Å². The Kier molecular flexibility index (Phi) is 3.21. The number of nitrogens with zero attached hydrogens (tertiary/aromatic N) is 1. The average Bonchev–Trinajstić information content (AvgIpc) is 2.06. The summed E-state index contributed by atoms with van der Waals surface area (Å²) in [6.07, 6.45) is 2.58. The van der Waals surface area contributed by atoms with E-state index in [4.69, 9.17) is 0 Å². The van der Waals surface area contributed by atoms with Crippen LogP contribution in [0.2, 0.25) is 0 Å². The number of carbonyl (C=O) groups is 1. The Bertz CT molecular complexity index is 219. The van der Waals surface area contributed by atoms with Gasteiger partial charge in [-0.3, -0.25) is 4.79 Å². The van der Waals surface area contributed by atoms with E-state index in [0.29, 0.717) is 12.0 Å². The molecule has 3 nitrogen and oxygen atoms in total. The minimum atomic E-state index is 0. The Balaban J connectivity index is 0.000000720. The van der Waals surface area contributed by atoms with E-state index in [1.807, 2.05) is 4.90 Å². The molecule has 0 radical (unpaired) electrons. The molecule has 0 N–H and O–H groups in total. The van der Waals surface area contributed by atoms with Gasteiger partial charge in [0.05, 0.1) is 5.70 Å². The second-order valence-electron chi connectivity index (χ2n) is 3.13. The zero-order valence-corrected chi connectivity index (χ0v) is 9.25. The fraction of sp³-hybridized carbons (Fsp3) is 0.625. The van der Waals surface area contributed by atoms with Gasteiger partial charge < -0.3 is 10.0 Å². The molecule has 3 aliphatic rings. The Labute approximate surface area is 93.7 Å². The van der Waals surface area contributed by atoms with Crippen molar-refractivity contribution in [1.29, 1.82) is 0 Å². The molecule has 0 aliphatic carbocycles. The van der Waals surface area contributed by atoms with Crippen molar-refractivity contribution in [3.8, 4) is 0 Å². The number of Topliss-reactive ketones (excluding diaryl/α,β-unsaturated/α-hetero) is 1. The van der Waals surface area contributed by atoms with Crippen molar-refractivity contribution in [3.63, 3.8) is 0 Å². The van der Waals surface area contributed by atoms with E-state index in [0.717, 1.165) is 25.9 Å². The number of fused-ring (bicyclic) bond motifs is 3. The molecule has 0 atom stereocenters. The van der Waals surface area contributed by atoms with Crippen molar-refractivity contribution in [1.82, 2.24) is 4.90 Å². The molecule has 3 fully saturated rings. The van der Waals surface area contributed by atoms with Gasteiger partial charge in [0.1, 0.15) is 0 Å². The summed E-state index contributed by atoms with van der Waals surface area (Å²) in [4.78, 5) is 13.2. The van der Waals surface area contributed by atoms with Gasteiger partial charge in [-0.25, -0.2) is 0 Å². The van der Waals surface area contributed by atoms with Gasteiger partial charge in [-0.2, -0.15) is 0 Å². The molecular weight excluding hydrogens is 165 g/mol. The van der Waals surface area contributed by atoms with E-state index in [1.165, 1.54) is 0 Å². The van der Waals surface area contributed by atoms with Crippen LogP contribution in [0.25, 0.3) is 0 Å². The van der Waals surface area contributed by atoms with Crippen molar-refractivity contribution in [3.05, 3.63) is 12.0 Å². The van der Waals surface area contributed by atoms with E-state index in [-0.39, 0.29) is 41.3 Å². The first-order chi connectivity index (χ1) is 5.33. The van der Waals surface area contributed by atoms with Crippen LogP contribution < -0.4 is 34.7 Å². The van der Waals surface area contributed by atoms with Crippen LogP contribution in [0.5, 0.6) is 0 Å². The molecule has 3 heterocycles. The Morgan fingerprint density at radius 1 is 1.42 bits per heavy atom. The molecule has 0 aromatic rings. The summed E-state index contributed by atoms with van der Waals surface area (Å²) in [6.45, 7) is 1.79. The van der Waals surface area contributed by atoms with Crippen LogP contribution in [0, 0.1) is 5.92 Å². The second kappa shape index (κ2) is 3.81. The van der Waals surface area contributed by atoms with E-state index < -0.39 is 0 Å². The van der Waals surface area contributed by atoms with Crippen molar-refractivity contribution in [2.24, 2.45) is 5.92 Å². The van der Waals surface area contributed by atoms with Crippen LogP contribution in [-0.2, 0) is 4.79 Å². The summed E-state index contributed by atoms with van der Waals surface area (Å²) in [5.41, 5.74) is 0.410. The summed E-state index contributed by atoms with van der Waals surface area (Å²) in [6, 6.07) is 0. The van der Waals surface area contributed by atoms with Crippen LogP contribution >= 0.6 is 0 Å².